The molecule has 4 nitrogen and oxygen atoms in total. The fourth-order valence-corrected chi connectivity index (χ4v) is 3.53. The zero-order chi connectivity index (χ0) is 17.8. The summed E-state index contributed by atoms with van der Waals surface area (Å²) >= 11 is 1.78. The van der Waals surface area contributed by atoms with Gasteiger partial charge in [-0.25, -0.2) is 0 Å². The van der Waals surface area contributed by atoms with Gasteiger partial charge in [0, 0.05) is 34.1 Å². The summed E-state index contributed by atoms with van der Waals surface area (Å²) < 4.78 is 7.39. The predicted octanol–water partition coefficient (Wildman–Crippen LogP) is 3.78. The normalized spacial score (nSPS) is 10.8. The lowest BCUT2D eigenvalue weighted by Crippen LogP contribution is -2.20. The van der Waals surface area contributed by atoms with E-state index >= 15 is 0 Å². The van der Waals surface area contributed by atoms with Crippen LogP contribution in [0.15, 0.2) is 53.5 Å². The standard InChI is InChI=1S/C20H22N2O2S/c1-14-6-7-18(25-14)9-11-24-17-8-10-22(20(23)12-17)13-16-4-3-5-19(21)15(16)2/h3-8,10,12H,9,11,13,21H2,1-2H3. The van der Waals surface area contributed by atoms with E-state index in [0.717, 1.165) is 23.2 Å². The van der Waals surface area contributed by atoms with Gasteiger partial charge in [0.15, 0.2) is 0 Å². The van der Waals surface area contributed by atoms with Gasteiger partial charge < -0.3 is 15.0 Å². The fourth-order valence-electron chi connectivity index (χ4n) is 2.66. The Bertz CT molecular complexity index is 927. The van der Waals surface area contributed by atoms with Crippen LogP contribution in [0.3, 0.4) is 0 Å². The highest BCUT2D eigenvalue weighted by Crippen LogP contribution is 2.18. The Labute approximate surface area is 151 Å². The zero-order valence-electron chi connectivity index (χ0n) is 14.5. The number of aromatic nitrogens is 1. The van der Waals surface area contributed by atoms with Crippen LogP contribution in [0.1, 0.15) is 20.9 Å². The molecule has 3 aromatic rings. The summed E-state index contributed by atoms with van der Waals surface area (Å²) in [7, 11) is 0. The second-order valence-corrected chi connectivity index (χ2v) is 7.44. The van der Waals surface area contributed by atoms with Crippen molar-refractivity contribution in [3.63, 3.8) is 0 Å². The number of aryl methyl sites for hydroxylation is 1. The SMILES string of the molecule is Cc1ccc(CCOc2ccn(Cc3cccc(N)c3C)c(=O)c2)s1. The smallest absolute Gasteiger partial charge is 0.254 e. The van der Waals surface area contributed by atoms with Crippen molar-refractivity contribution in [3.8, 4) is 5.75 Å². The molecule has 1 aromatic carbocycles. The van der Waals surface area contributed by atoms with E-state index in [1.807, 2.05) is 31.2 Å². The van der Waals surface area contributed by atoms with Crippen LogP contribution in [-0.2, 0) is 13.0 Å². The Balaban J connectivity index is 1.64. The second-order valence-electron chi connectivity index (χ2n) is 6.07. The molecule has 2 N–H and O–H groups in total. The van der Waals surface area contributed by atoms with Crippen molar-refractivity contribution >= 4 is 17.0 Å². The largest absolute Gasteiger partial charge is 0.493 e. The number of hydrogen-bond acceptors (Lipinski definition) is 4. The minimum absolute atomic E-state index is 0.0775. The highest BCUT2D eigenvalue weighted by atomic mass is 32.1. The number of thiophene rings is 1. The molecular weight excluding hydrogens is 332 g/mol. The first-order chi connectivity index (χ1) is 12.0. The summed E-state index contributed by atoms with van der Waals surface area (Å²) in [4.78, 5) is 14.9. The van der Waals surface area contributed by atoms with Crippen LogP contribution in [0, 0.1) is 13.8 Å². The molecule has 0 unspecified atom stereocenters. The number of nitrogen functional groups attached to an aromatic ring is 1. The second kappa shape index (κ2) is 7.57. The number of benzene rings is 1. The number of anilines is 1. The zero-order valence-corrected chi connectivity index (χ0v) is 15.3. The fraction of sp³-hybridized carbons (Fsp3) is 0.250. The molecule has 0 saturated carbocycles. The lowest BCUT2D eigenvalue weighted by Gasteiger charge is -2.11. The number of ether oxygens (including phenoxy) is 1. The van der Waals surface area contributed by atoms with Crippen LogP contribution >= 0.6 is 11.3 Å². The van der Waals surface area contributed by atoms with Crippen molar-refractivity contribution in [2.45, 2.75) is 26.8 Å². The summed E-state index contributed by atoms with van der Waals surface area (Å²) in [6, 6.07) is 13.4. The van der Waals surface area contributed by atoms with Gasteiger partial charge in [-0.3, -0.25) is 4.79 Å². The number of rotatable bonds is 6. The first-order valence-corrected chi connectivity index (χ1v) is 9.07. The molecule has 0 aliphatic rings. The molecule has 0 saturated heterocycles. The maximum atomic E-state index is 12.3. The molecule has 2 heterocycles. The Hall–Kier alpha value is -2.53. The quantitative estimate of drug-likeness (QED) is 0.686. The van der Waals surface area contributed by atoms with Crippen molar-refractivity contribution in [2.75, 3.05) is 12.3 Å². The third-order valence-electron chi connectivity index (χ3n) is 4.21. The molecule has 0 amide bonds. The van der Waals surface area contributed by atoms with E-state index < -0.39 is 0 Å². The minimum Gasteiger partial charge on any atom is -0.493 e. The number of nitrogens with two attached hydrogens (primary N) is 1. The van der Waals surface area contributed by atoms with Gasteiger partial charge in [0.2, 0.25) is 0 Å². The van der Waals surface area contributed by atoms with Crippen LogP contribution in [0.4, 0.5) is 5.69 Å². The molecule has 0 aliphatic carbocycles. The van der Waals surface area contributed by atoms with Gasteiger partial charge in [-0.05, 0) is 49.2 Å². The lowest BCUT2D eigenvalue weighted by atomic mass is 10.1. The van der Waals surface area contributed by atoms with Gasteiger partial charge in [-0.2, -0.15) is 0 Å². The highest BCUT2D eigenvalue weighted by Gasteiger charge is 2.05. The predicted molar refractivity (Wildman–Crippen MR) is 104 cm³/mol. The van der Waals surface area contributed by atoms with Gasteiger partial charge in [0.05, 0.1) is 13.2 Å². The van der Waals surface area contributed by atoms with Gasteiger partial charge in [-0.15, -0.1) is 11.3 Å². The van der Waals surface area contributed by atoms with Gasteiger partial charge in [-0.1, -0.05) is 12.1 Å². The van der Waals surface area contributed by atoms with Crippen molar-refractivity contribution in [2.24, 2.45) is 0 Å². The van der Waals surface area contributed by atoms with Crippen molar-refractivity contribution < 1.29 is 4.74 Å². The summed E-state index contributed by atoms with van der Waals surface area (Å²) in [5.74, 6) is 0.610. The topological polar surface area (TPSA) is 57.2 Å². The van der Waals surface area contributed by atoms with Crippen LogP contribution < -0.4 is 16.0 Å². The molecule has 0 atom stereocenters. The van der Waals surface area contributed by atoms with E-state index in [2.05, 4.69) is 19.1 Å². The molecule has 0 bridgehead atoms. The van der Waals surface area contributed by atoms with Crippen molar-refractivity contribution in [3.05, 3.63) is 79.9 Å². The van der Waals surface area contributed by atoms with E-state index in [0.29, 0.717) is 18.9 Å². The Morgan fingerprint density at radius 2 is 2.00 bits per heavy atom. The minimum atomic E-state index is -0.0775. The summed E-state index contributed by atoms with van der Waals surface area (Å²) in [5, 5.41) is 0. The van der Waals surface area contributed by atoms with Crippen LogP contribution in [0.25, 0.3) is 0 Å². The number of nitrogens with zero attached hydrogens (tertiary/aromatic N) is 1. The van der Waals surface area contributed by atoms with E-state index in [4.69, 9.17) is 10.5 Å². The van der Waals surface area contributed by atoms with Gasteiger partial charge in [0.25, 0.3) is 5.56 Å². The lowest BCUT2D eigenvalue weighted by molar-refractivity contribution is 0.321. The maximum absolute atomic E-state index is 12.3. The molecule has 5 heteroatoms. The Morgan fingerprint density at radius 3 is 2.72 bits per heavy atom. The average molecular weight is 354 g/mol. The molecule has 0 radical (unpaired) electrons. The van der Waals surface area contributed by atoms with Gasteiger partial charge >= 0.3 is 0 Å². The Kier molecular flexibility index (Phi) is 5.24. The third-order valence-corrected chi connectivity index (χ3v) is 5.27. The monoisotopic (exact) mass is 354 g/mol. The molecule has 0 aliphatic heterocycles. The molecular formula is C20H22N2O2S. The van der Waals surface area contributed by atoms with Crippen LogP contribution in [0.5, 0.6) is 5.75 Å². The van der Waals surface area contributed by atoms with E-state index in [-0.39, 0.29) is 5.56 Å². The first-order valence-electron chi connectivity index (χ1n) is 8.25. The molecule has 130 valence electrons. The number of hydrogen-bond donors (Lipinski definition) is 1. The van der Waals surface area contributed by atoms with Crippen LogP contribution in [0.2, 0.25) is 0 Å². The summed E-state index contributed by atoms with van der Waals surface area (Å²) in [6.07, 6.45) is 2.62. The van der Waals surface area contributed by atoms with Crippen molar-refractivity contribution in [1.82, 2.24) is 4.57 Å². The molecule has 0 spiro atoms. The molecule has 3 rings (SSSR count). The maximum Gasteiger partial charge on any atom is 0.254 e. The Morgan fingerprint density at radius 1 is 1.16 bits per heavy atom. The van der Waals surface area contributed by atoms with E-state index in [9.17, 15) is 4.79 Å². The van der Waals surface area contributed by atoms with Crippen molar-refractivity contribution in [1.29, 1.82) is 0 Å². The average Bonchev–Trinajstić information content (AvgIpc) is 2.99. The summed E-state index contributed by atoms with van der Waals surface area (Å²) in [6.45, 7) is 5.14. The summed E-state index contributed by atoms with van der Waals surface area (Å²) in [5.41, 5.74) is 8.66. The highest BCUT2D eigenvalue weighted by molar-refractivity contribution is 7.11. The molecule has 2 aromatic heterocycles. The number of pyridine rings is 1. The van der Waals surface area contributed by atoms with E-state index in [1.54, 1.807) is 28.2 Å². The van der Waals surface area contributed by atoms with Gasteiger partial charge in [0.1, 0.15) is 5.75 Å². The first kappa shape index (κ1) is 17.3. The molecule has 25 heavy (non-hydrogen) atoms. The van der Waals surface area contributed by atoms with Crippen LogP contribution in [-0.4, -0.2) is 11.2 Å². The third kappa shape index (κ3) is 4.31. The van der Waals surface area contributed by atoms with E-state index in [1.165, 1.54) is 9.75 Å². The molecule has 0 fully saturated rings.